The third-order valence-corrected chi connectivity index (χ3v) is 4.08. The number of nitrogens with zero attached hydrogens (tertiary/aromatic N) is 3. The Morgan fingerprint density at radius 2 is 2.00 bits per heavy atom. The highest BCUT2D eigenvalue weighted by molar-refractivity contribution is 5.93. The average Bonchev–Trinajstić information content (AvgIpc) is 2.70. The van der Waals surface area contributed by atoms with Gasteiger partial charge >= 0.3 is 0 Å². The molecule has 106 valence electrons. The topological polar surface area (TPSA) is 45.4 Å². The first kappa shape index (κ1) is 13.3. The van der Waals surface area contributed by atoms with Crippen molar-refractivity contribution in [3.8, 4) is 0 Å². The van der Waals surface area contributed by atoms with Crippen molar-refractivity contribution >= 4 is 16.6 Å². The van der Waals surface area contributed by atoms with E-state index >= 15 is 0 Å². The molecule has 0 unspecified atom stereocenters. The number of fused-ring (bicyclic) bond motifs is 1. The van der Waals surface area contributed by atoms with Gasteiger partial charge in [-0.1, -0.05) is 18.2 Å². The number of nitrogens with two attached hydrogens (primary N) is 1. The van der Waals surface area contributed by atoms with E-state index < -0.39 is 0 Å². The quantitative estimate of drug-likeness (QED) is 0.904. The number of pyridine rings is 1. The third-order valence-electron chi connectivity index (χ3n) is 4.08. The lowest BCUT2D eigenvalue weighted by Crippen LogP contribution is -2.30. The predicted molar refractivity (Wildman–Crippen MR) is 84.0 cm³/mol. The van der Waals surface area contributed by atoms with Gasteiger partial charge in [0.1, 0.15) is 0 Å². The van der Waals surface area contributed by atoms with E-state index in [1.165, 1.54) is 17.5 Å². The number of aromatic nitrogens is 1. The Labute approximate surface area is 120 Å². The first-order valence-corrected chi connectivity index (χ1v) is 7.30. The summed E-state index contributed by atoms with van der Waals surface area (Å²) in [5.41, 5.74) is 9.42. The van der Waals surface area contributed by atoms with E-state index in [1.54, 1.807) is 0 Å². The van der Waals surface area contributed by atoms with Crippen LogP contribution in [0.3, 0.4) is 0 Å². The maximum absolute atomic E-state index is 5.94. The molecular weight excluding hydrogens is 248 g/mol. The van der Waals surface area contributed by atoms with Crippen LogP contribution in [0.15, 0.2) is 30.5 Å². The molecule has 1 aliphatic rings. The zero-order chi connectivity index (χ0) is 13.9. The molecule has 3 rings (SSSR count). The average molecular weight is 270 g/mol. The van der Waals surface area contributed by atoms with Gasteiger partial charge in [-0.3, -0.25) is 4.98 Å². The molecular formula is C16H22N4. The van der Waals surface area contributed by atoms with Crippen molar-refractivity contribution in [2.75, 3.05) is 38.1 Å². The number of anilines is 1. The normalized spacial score (nSPS) is 17.4. The van der Waals surface area contributed by atoms with Crippen LogP contribution in [0.1, 0.15) is 12.0 Å². The summed E-state index contributed by atoms with van der Waals surface area (Å²) in [5.74, 6) is 0. The molecule has 0 atom stereocenters. The molecule has 2 N–H and O–H groups in total. The number of para-hydroxylation sites is 1. The Morgan fingerprint density at radius 1 is 1.15 bits per heavy atom. The van der Waals surface area contributed by atoms with Gasteiger partial charge in [0.2, 0.25) is 0 Å². The zero-order valence-corrected chi connectivity index (χ0v) is 12.0. The van der Waals surface area contributed by atoms with Crippen LogP contribution in [0.25, 0.3) is 10.9 Å². The van der Waals surface area contributed by atoms with Crippen molar-refractivity contribution in [2.45, 2.75) is 13.0 Å². The van der Waals surface area contributed by atoms with E-state index in [2.05, 4.69) is 40.0 Å². The Kier molecular flexibility index (Phi) is 3.85. The van der Waals surface area contributed by atoms with E-state index in [-0.39, 0.29) is 0 Å². The maximum atomic E-state index is 5.94. The smallest absolute Gasteiger partial charge is 0.0723 e. The fraction of sp³-hybridized carbons (Fsp3) is 0.438. The SMILES string of the molecule is CN1CCCN(c2c(CN)cnc3ccccc23)CC1. The molecule has 20 heavy (non-hydrogen) atoms. The number of hydrogen-bond donors (Lipinski definition) is 1. The van der Waals surface area contributed by atoms with Gasteiger partial charge in [-0.2, -0.15) is 0 Å². The van der Waals surface area contributed by atoms with Crippen molar-refractivity contribution in [1.82, 2.24) is 9.88 Å². The highest BCUT2D eigenvalue weighted by Gasteiger charge is 2.17. The second-order valence-corrected chi connectivity index (χ2v) is 5.50. The number of likely N-dealkylation sites (N-methyl/N-ethyl adjacent to an activating group) is 1. The molecule has 4 heteroatoms. The Balaban J connectivity index is 2.08. The van der Waals surface area contributed by atoms with Crippen LogP contribution in [-0.2, 0) is 6.54 Å². The lowest BCUT2D eigenvalue weighted by atomic mass is 10.1. The summed E-state index contributed by atoms with van der Waals surface area (Å²) in [6.07, 6.45) is 3.13. The minimum Gasteiger partial charge on any atom is -0.369 e. The molecule has 0 bridgehead atoms. The van der Waals surface area contributed by atoms with Gasteiger partial charge in [-0.15, -0.1) is 0 Å². The summed E-state index contributed by atoms with van der Waals surface area (Å²) in [5, 5.41) is 1.22. The monoisotopic (exact) mass is 270 g/mol. The number of benzene rings is 1. The first-order chi connectivity index (χ1) is 9.79. The van der Waals surface area contributed by atoms with Crippen LogP contribution < -0.4 is 10.6 Å². The molecule has 2 heterocycles. The van der Waals surface area contributed by atoms with E-state index in [9.17, 15) is 0 Å². The molecule has 0 spiro atoms. The van der Waals surface area contributed by atoms with Gasteiger partial charge < -0.3 is 15.5 Å². The summed E-state index contributed by atoms with van der Waals surface area (Å²) in [6.45, 7) is 4.94. The lowest BCUT2D eigenvalue weighted by molar-refractivity contribution is 0.360. The van der Waals surface area contributed by atoms with Crippen molar-refractivity contribution < 1.29 is 0 Å². The largest absolute Gasteiger partial charge is 0.369 e. The summed E-state index contributed by atoms with van der Waals surface area (Å²) in [4.78, 5) is 9.40. The van der Waals surface area contributed by atoms with E-state index in [4.69, 9.17) is 5.73 Å². The standard InChI is InChI=1S/C16H22N4/c1-19-7-4-8-20(10-9-19)16-13(11-17)12-18-15-6-3-2-5-14(15)16/h2-3,5-6,12H,4,7-11,17H2,1H3. The van der Waals surface area contributed by atoms with Gasteiger partial charge in [0.15, 0.2) is 0 Å². The molecule has 0 saturated carbocycles. The molecule has 1 fully saturated rings. The molecule has 1 aliphatic heterocycles. The highest BCUT2D eigenvalue weighted by Crippen LogP contribution is 2.30. The summed E-state index contributed by atoms with van der Waals surface area (Å²) >= 11 is 0. The van der Waals surface area contributed by atoms with Gasteiger partial charge in [0.05, 0.1) is 11.2 Å². The summed E-state index contributed by atoms with van der Waals surface area (Å²) in [6, 6.07) is 8.35. The second kappa shape index (κ2) is 5.77. The van der Waals surface area contributed by atoms with Gasteiger partial charge in [-0.25, -0.2) is 0 Å². The zero-order valence-electron chi connectivity index (χ0n) is 12.0. The minimum atomic E-state index is 0.541. The Bertz CT molecular complexity index is 596. The molecule has 1 aromatic carbocycles. The number of rotatable bonds is 2. The van der Waals surface area contributed by atoms with E-state index in [0.717, 1.165) is 37.3 Å². The van der Waals surface area contributed by atoms with Crippen LogP contribution >= 0.6 is 0 Å². The van der Waals surface area contributed by atoms with Crippen molar-refractivity contribution in [3.63, 3.8) is 0 Å². The van der Waals surface area contributed by atoms with Crippen LogP contribution in [0.2, 0.25) is 0 Å². The minimum absolute atomic E-state index is 0.541. The van der Waals surface area contributed by atoms with Crippen LogP contribution in [0, 0.1) is 0 Å². The molecule has 2 aromatic rings. The molecule has 4 nitrogen and oxygen atoms in total. The molecule has 0 radical (unpaired) electrons. The van der Waals surface area contributed by atoms with Gasteiger partial charge in [-0.05, 0) is 26.1 Å². The molecule has 1 aromatic heterocycles. The van der Waals surface area contributed by atoms with Gasteiger partial charge in [0.25, 0.3) is 0 Å². The summed E-state index contributed by atoms with van der Waals surface area (Å²) in [7, 11) is 2.19. The number of hydrogen-bond acceptors (Lipinski definition) is 4. The maximum Gasteiger partial charge on any atom is 0.0723 e. The van der Waals surface area contributed by atoms with E-state index in [1.807, 2.05) is 12.3 Å². The molecule has 0 aliphatic carbocycles. The second-order valence-electron chi connectivity index (χ2n) is 5.50. The molecule has 1 saturated heterocycles. The third kappa shape index (κ3) is 2.49. The Hall–Kier alpha value is -1.65. The fourth-order valence-electron chi connectivity index (χ4n) is 2.96. The fourth-order valence-corrected chi connectivity index (χ4v) is 2.96. The van der Waals surface area contributed by atoms with Crippen LogP contribution in [0.4, 0.5) is 5.69 Å². The van der Waals surface area contributed by atoms with Gasteiger partial charge in [0, 0.05) is 43.3 Å². The predicted octanol–water partition coefficient (Wildman–Crippen LogP) is 1.84. The lowest BCUT2D eigenvalue weighted by Gasteiger charge is -2.26. The van der Waals surface area contributed by atoms with Crippen LogP contribution in [-0.4, -0.2) is 43.1 Å². The summed E-state index contributed by atoms with van der Waals surface area (Å²) < 4.78 is 0. The Morgan fingerprint density at radius 3 is 2.85 bits per heavy atom. The van der Waals surface area contributed by atoms with Crippen molar-refractivity contribution in [3.05, 3.63) is 36.0 Å². The highest BCUT2D eigenvalue weighted by atomic mass is 15.2. The van der Waals surface area contributed by atoms with Crippen LogP contribution in [0.5, 0.6) is 0 Å². The van der Waals surface area contributed by atoms with Crippen molar-refractivity contribution in [2.24, 2.45) is 5.73 Å². The van der Waals surface area contributed by atoms with Crippen molar-refractivity contribution in [1.29, 1.82) is 0 Å². The molecule has 0 amide bonds. The van der Waals surface area contributed by atoms with E-state index in [0.29, 0.717) is 6.54 Å². The first-order valence-electron chi connectivity index (χ1n) is 7.30.